The van der Waals surface area contributed by atoms with Gasteiger partial charge in [0.05, 0.1) is 0 Å². The molecule has 0 aliphatic carbocycles. The molecule has 4 nitrogen and oxygen atoms in total. The fourth-order valence-corrected chi connectivity index (χ4v) is 2.13. The zero-order chi connectivity index (χ0) is 11.9. The van der Waals surface area contributed by atoms with Crippen LogP contribution in [-0.4, -0.2) is 22.2 Å². The second-order valence-corrected chi connectivity index (χ2v) is 5.88. The van der Waals surface area contributed by atoms with Crippen molar-refractivity contribution in [1.82, 2.24) is 4.98 Å². The fourth-order valence-electron chi connectivity index (χ4n) is 1.82. The van der Waals surface area contributed by atoms with Crippen molar-refractivity contribution in [3.05, 3.63) is 21.9 Å². The quantitative estimate of drug-likeness (QED) is 0.798. The molecular weight excluding hydrogens is 319 g/mol. The molecule has 0 saturated carbocycles. The summed E-state index contributed by atoms with van der Waals surface area (Å²) in [6, 6.07) is 3.62. The van der Waals surface area contributed by atoms with Crippen molar-refractivity contribution in [1.29, 1.82) is 0 Å². The molecule has 1 amide bonds. The van der Waals surface area contributed by atoms with Gasteiger partial charge in [-0.15, -0.1) is 0 Å². The zero-order valence-electron chi connectivity index (χ0n) is 9.14. The van der Waals surface area contributed by atoms with Crippen LogP contribution in [0.5, 0.6) is 0 Å². The Kier molecular flexibility index (Phi) is 2.91. The number of aromatic nitrogens is 1. The van der Waals surface area contributed by atoms with Crippen LogP contribution in [-0.2, 0) is 4.79 Å². The number of hydrogen-bond acceptors (Lipinski definition) is 3. The van der Waals surface area contributed by atoms with E-state index >= 15 is 0 Å². The van der Waals surface area contributed by atoms with E-state index in [2.05, 4.69) is 27.6 Å². The Balaban J connectivity index is 2.35. The highest BCUT2D eigenvalue weighted by Crippen LogP contribution is 2.37. The third-order valence-corrected chi connectivity index (χ3v) is 3.42. The highest BCUT2D eigenvalue weighted by Gasteiger charge is 2.45. The number of carbonyl (C=O) groups excluding carboxylic acids is 1. The van der Waals surface area contributed by atoms with Crippen LogP contribution in [0, 0.1) is 8.99 Å². The maximum atomic E-state index is 11.8. The third kappa shape index (κ3) is 1.93. The predicted molar refractivity (Wildman–Crippen MR) is 68.8 cm³/mol. The van der Waals surface area contributed by atoms with Crippen molar-refractivity contribution in [2.24, 2.45) is 5.41 Å². The van der Waals surface area contributed by atoms with Crippen molar-refractivity contribution in [3.8, 4) is 0 Å². The van der Waals surface area contributed by atoms with Crippen LogP contribution in [0.15, 0.2) is 18.3 Å². The Morgan fingerprint density at radius 2 is 2.25 bits per heavy atom. The number of aliphatic hydroxyl groups is 1. The van der Waals surface area contributed by atoms with E-state index in [4.69, 9.17) is 0 Å². The Bertz CT molecular complexity index is 416. The van der Waals surface area contributed by atoms with Gasteiger partial charge in [0, 0.05) is 21.6 Å². The Morgan fingerprint density at radius 3 is 2.69 bits per heavy atom. The summed E-state index contributed by atoms with van der Waals surface area (Å²) in [6.07, 6.45) is 1.23. The number of nitrogens with zero attached hydrogens (tertiary/aromatic N) is 2. The summed E-state index contributed by atoms with van der Waals surface area (Å²) in [6.45, 7) is 3.75. The van der Waals surface area contributed by atoms with Gasteiger partial charge in [-0.1, -0.05) is 13.8 Å². The highest BCUT2D eigenvalue weighted by molar-refractivity contribution is 14.1. The molecule has 1 saturated heterocycles. The summed E-state index contributed by atoms with van der Waals surface area (Å²) in [5.74, 6) is 0.440. The largest absolute Gasteiger partial charge is 0.372 e. The second-order valence-electron chi connectivity index (χ2n) is 4.64. The monoisotopic (exact) mass is 332 g/mol. The molecule has 2 rings (SSSR count). The fraction of sp³-hybridized carbons (Fsp3) is 0.455. The average molecular weight is 332 g/mol. The van der Waals surface area contributed by atoms with E-state index < -0.39 is 11.6 Å². The first-order valence-corrected chi connectivity index (χ1v) is 6.11. The standard InChI is InChI=1S/C11H13IN2O2/c1-11(2)5-9(15)14(10(11)16)8-4-3-7(12)6-13-8/h3-4,6,10,16H,5H2,1-2H3. The van der Waals surface area contributed by atoms with Crippen LogP contribution in [0.1, 0.15) is 20.3 Å². The van der Waals surface area contributed by atoms with Gasteiger partial charge in [-0.2, -0.15) is 0 Å². The second kappa shape index (κ2) is 3.96. The van der Waals surface area contributed by atoms with Crippen molar-refractivity contribution in [2.75, 3.05) is 4.90 Å². The van der Waals surface area contributed by atoms with E-state index in [1.807, 2.05) is 19.9 Å². The van der Waals surface area contributed by atoms with Crippen molar-refractivity contribution in [3.63, 3.8) is 0 Å². The molecule has 0 aromatic carbocycles. The molecule has 1 aliphatic rings. The van der Waals surface area contributed by atoms with E-state index in [0.717, 1.165) is 3.57 Å². The lowest BCUT2D eigenvalue weighted by atomic mass is 9.91. The number of amides is 1. The van der Waals surface area contributed by atoms with Crippen molar-refractivity contribution in [2.45, 2.75) is 26.5 Å². The van der Waals surface area contributed by atoms with Gasteiger partial charge in [-0.25, -0.2) is 4.98 Å². The summed E-state index contributed by atoms with van der Waals surface area (Å²) in [5.41, 5.74) is -0.415. The molecule has 1 aliphatic heterocycles. The minimum absolute atomic E-state index is 0.0776. The molecule has 1 aromatic rings. The number of rotatable bonds is 1. The van der Waals surface area contributed by atoms with E-state index in [9.17, 15) is 9.90 Å². The van der Waals surface area contributed by atoms with Gasteiger partial charge in [0.1, 0.15) is 12.0 Å². The van der Waals surface area contributed by atoms with E-state index in [1.54, 1.807) is 12.3 Å². The Hall–Kier alpha value is -0.690. The first kappa shape index (κ1) is 11.8. The van der Waals surface area contributed by atoms with E-state index in [0.29, 0.717) is 12.2 Å². The predicted octanol–water partition coefficient (Wildman–Crippen LogP) is 1.77. The summed E-state index contributed by atoms with van der Waals surface area (Å²) >= 11 is 2.15. The number of anilines is 1. The number of carbonyl (C=O) groups is 1. The van der Waals surface area contributed by atoms with Crippen molar-refractivity contribution >= 4 is 34.3 Å². The molecule has 1 unspecified atom stereocenters. The Labute approximate surface area is 108 Å². The summed E-state index contributed by atoms with van der Waals surface area (Å²) < 4.78 is 1.00. The van der Waals surface area contributed by atoms with Gasteiger partial charge in [0.15, 0.2) is 0 Å². The molecule has 0 spiro atoms. The zero-order valence-corrected chi connectivity index (χ0v) is 11.3. The smallest absolute Gasteiger partial charge is 0.231 e. The van der Waals surface area contributed by atoms with Gasteiger partial charge < -0.3 is 5.11 Å². The normalized spacial score (nSPS) is 23.9. The highest BCUT2D eigenvalue weighted by atomic mass is 127. The van der Waals surface area contributed by atoms with Crippen LogP contribution in [0.3, 0.4) is 0 Å². The molecule has 2 heterocycles. The molecule has 0 radical (unpaired) electrons. The number of aliphatic hydroxyl groups excluding tert-OH is 1. The lowest BCUT2D eigenvalue weighted by Gasteiger charge is -2.26. The first-order valence-electron chi connectivity index (χ1n) is 5.03. The van der Waals surface area contributed by atoms with Crippen molar-refractivity contribution < 1.29 is 9.90 Å². The Morgan fingerprint density at radius 1 is 1.56 bits per heavy atom. The van der Waals surface area contributed by atoms with Crippen LogP contribution in [0.2, 0.25) is 0 Å². The molecule has 1 fully saturated rings. The van der Waals surface area contributed by atoms with Gasteiger partial charge in [0.25, 0.3) is 0 Å². The number of pyridine rings is 1. The number of halogens is 1. The summed E-state index contributed by atoms with van der Waals surface area (Å²) in [4.78, 5) is 17.3. The third-order valence-electron chi connectivity index (χ3n) is 2.78. The van der Waals surface area contributed by atoms with Crippen LogP contribution in [0.4, 0.5) is 5.82 Å². The summed E-state index contributed by atoms with van der Waals surface area (Å²) in [7, 11) is 0. The first-order chi connectivity index (χ1) is 7.42. The minimum atomic E-state index is -0.799. The molecule has 0 bridgehead atoms. The van der Waals surface area contributed by atoms with Gasteiger partial charge in [-0.05, 0) is 34.7 Å². The van der Waals surface area contributed by atoms with Crippen LogP contribution < -0.4 is 4.90 Å². The topological polar surface area (TPSA) is 53.4 Å². The maximum absolute atomic E-state index is 11.8. The lowest BCUT2D eigenvalue weighted by molar-refractivity contribution is -0.117. The minimum Gasteiger partial charge on any atom is -0.372 e. The van der Waals surface area contributed by atoms with Crippen LogP contribution >= 0.6 is 22.6 Å². The number of hydrogen-bond donors (Lipinski definition) is 1. The van der Waals surface area contributed by atoms with E-state index in [1.165, 1.54) is 4.90 Å². The SMILES string of the molecule is CC1(C)CC(=O)N(c2ccc(I)cn2)C1O. The molecule has 16 heavy (non-hydrogen) atoms. The molecule has 1 atom stereocenters. The van der Waals surface area contributed by atoms with E-state index in [-0.39, 0.29) is 5.91 Å². The molecule has 86 valence electrons. The summed E-state index contributed by atoms with van der Waals surface area (Å²) in [5, 5.41) is 10.1. The van der Waals surface area contributed by atoms with Gasteiger partial charge in [0.2, 0.25) is 5.91 Å². The van der Waals surface area contributed by atoms with Gasteiger partial charge in [-0.3, -0.25) is 9.69 Å². The maximum Gasteiger partial charge on any atom is 0.231 e. The molecular formula is C11H13IN2O2. The molecule has 1 N–H and O–H groups in total. The molecule has 5 heteroatoms. The average Bonchev–Trinajstić information content (AvgIpc) is 2.39. The lowest BCUT2D eigenvalue weighted by Crippen LogP contribution is -2.38. The molecule has 1 aromatic heterocycles. The van der Waals surface area contributed by atoms with Crippen LogP contribution in [0.25, 0.3) is 0 Å². The van der Waals surface area contributed by atoms with Gasteiger partial charge >= 0.3 is 0 Å².